The third-order valence-corrected chi connectivity index (χ3v) is 4.10. The molecule has 2 heterocycles. The van der Waals surface area contributed by atoms with Crippen molar-refractivity contribution < 1.29 is 4.74 Å². The lowest BCUT2D eigenvalue weighted by atomic mass is 10.1. The molecule has 0 aliphatic carbocycles. The fourth-order valence-corrected chi connectivity index (χ4v) is 2.63. The topological polar surface area (TPSA) is 39.1 Å². The second-order valence-electron chi connectivity index (χ2n) is 5.73. The number of benzene rings is 1. The Balaban J connectivity index is 1.46. The van der Waals surface area contributed by atoms with Gasteiger partial charge in [0.1, 0.15) is 11.9 Å². The third-order valence-electron chi connectivity index (χ3n) is 4.10. The predicted octanol–water partition coefficient (Wildman–Crippen LogP) is 2.95. The standard InChI is InChI=1S/C17H23N3O/c1-3-13(2)20-9-8-15(19-20)11-18-12-16-10-14-6-4-5-7-17(14)21-16/h4-9,13,16,18H,3,10-12H2,1-2H3. The summed E-state index contributed by atoms with van der Waals surface area (Å²) in [7, 11) is 0. The molecule has 1 N–H and O–H groups in total. The van der Waals surface area contributed by atoms with Gasteiger partial charge in [0.05, 0.1) is 5.69 Å². The van der Waals surface area contributed by atoms with Crippen LogP contribution in [0.5, 0.6) is 5.75 Å². The van der Waals surface area contributed by atoms with E-state index in [0.717, 1.165) is 37.4 Å². The summed E-state index contributed by atoms with van der Waals surface area (Å²) < 4.78 is 7.96. The third kappa shape index (κ3) is 3.27. The van der Waals surface area contributed by atoms with Crippen LogP contribution < -0.4 is 10.1 Å². The highest BCUT2D eigenvalue weighted by Crippen LogP contribution is 2.27. The Morgan fingerprint density at radius 3 is 3.05 bits per heavy atom. The number of rotatable bonds is 6. The average molecular weight is 285 g/mol. The monoisotopic (exact) mass is 285 g/mol. The Morgan fingerprint density at radius 1 is 1.38 bits per heavy atom. The molecule has 0 fully saturated rings. The molecular weight excluding hydrogens is 262 g/mol. The van der Waals surface area contributed by atoms with Gasteiger partial charge in [0, 0.05) is 31.7 Å². The molecule has 2 unspecified atom stereocenters. The van der Waals surface area contributed by atoms with Crippen molar-refractivity contribution in [3.63, 3.8) is 0 Å². The van der Waals surface area contributed by atoms with Crippen molar-refractivity contribution in [3.05, 3.63) is 47.8 Å². The van der Waals surface area contributed by atoms with E-state index in [9.17, 15) is 0 Å². The Hall–Kier alpha value is -1.81. The number of fused-ring (bicyclic) bond motifs is 1. The molecule has 4 heteroatoms. The lowest BCUT2D eigenvalue weighted by Crippen LogP contribution is -2.29. The van der Waals surface area contributed by atoms with E-state index >= 15 is 0 Å². The van der Waals surface area contributed by atoms with Gasteiger partial charge in [-0.25, -0.2) is 0 Å². The first kappa shape index (κ1) is 14.1. The number of nitrogens with zero attached hydrogens (tertiary/aromatic N) is 2. The van der Waals surface area contributed by atoms with Crippen molar-refractivity contribution in [2.24, 2.45) is 0 Å². The normalized spacial score (nSPS) is 18.3. The van der Waals surface area contributed by atoms with Crippen molar-refractivity contribution in [1.82, 2.24) is 15.1 Å². The largest absolute Gasteiger partial charge is 0.488 e. The second kappa shape index (κ2) is 6.31. The van der Waals surface area contributed by atoms with Crippen LogP contribution in [-0.2, 0) is 13.0 Å². The number of hydrogen-bond acceptors (Lipinski definition) is 3. The molecule has 112 valence electrons. The molecule has 21 heavy (non-hydrogen) atoms. The summed E-state index contributed by atoms with van der Waals surface area (Å²) in [6, 6.07) is 10.8. The van der Waals surface area contributed by atoms with E-state index < -0.39 is 0 Å². The molecule has 4 nitrogen and oxygen atoms in total. The van der Waals surface area contributed by atoms with Crippen LogP contribution in [0.4, 0.5) is 0 Å². The lowest BCUT2D eigenvalue weighted by molar-refractivity contribution is 0.227. The zero-order chi connectivity index (χ0) is 14.7. The Labute approximate surface area is 126 Å². The maximum atomic E-state index is 5.92. The van der Waals surface area contributed by atoms with Crippen LogP contribution in [0.15, 0.2) is 36.5 Å². The van der Waals surface area contributed by atoms with Gasteiger partial charge in [0.25, 0.3) is 0 Å². The van der Waals surface area contributed by atoms with Gasteiger partial charge in [-0.15, -0.1) is 0 Å². The van der Waals surface area contributed by atoms with Gasteiger partial charge in [-0.1, -0.05) is 25.1 Å². The summed E-state index contributed by atoms with van der Waals surface area (Å²) >= 11 is 0. The van der Waals surface area contributed by atoms with Crippen LogP contribution in [0, 0.1) is 0 Å². The molecule has 0 bridgehead atoms. The van der Waals surface area contributed by atoms with Gasteiger partial charge in [0.2, 0.25) is 0 Å². The lowest BCUT2D eigenvalue weighted by Gasteiger charge is -2.11. The molecule has 1 aliphatic heterocycles. The van der Waals surface area contributed by atoms with Crippen LogP contribution >= 0.6 is 0 Å². The zero-order valence-corrected chi connectivity index (χ0v) is 12.7. The number of nitrogens with one attached hydrogen (secondary N) is 1. The van der Waals surface area contributed by atoms with Crippen molar-refractivity contribution in [3.8, 4) is 5.75 Å². The molecule has 3 rings (SSSR count). The average Bonchev–Trinajstić information content (AvgIpc) is 3.12. The van der Waals surface area contributed by atoms with Crippen LogP contribution in [0.25, 0.3) is 0 Å². The molecular formula is C17H23N3O. The van der Waals surface area contributed by atoms with E-state index in [4.69, 9.17) is 4.74 Å². The van der Waals surface area contributed by atoms with E-state index in [2.05, 4.69) is 48.7 Å². The minimum absolute atomic E-state index is 0.235. The molecule has 1 aromatic carbocycles. The molecule has 0 saturated carbocycles. The Morgan fingerprint density at radius 2 is 2.24 bits per heavy atom. The first-order chi connectivity index (χ1) is 10.3. The van der Waals surface area contributed by atoms with Gasteiger partial charge in [-0.3, -0.25) is 4.68 Å². The number of para-hydroxylation sites is 1. The number of aromatic nitrogens is 2. The van der Waals surface area contributed by atoms with Crippen molar-refractivity contribution in [2.75, 3.05) is 6.54 Å². The summed E-state index contributed by atoms with van der Waals surface area (Å²) in [4.78, 5) is 0. The number of ether oxygens (including phenoxy) is 1. The number of hydrogen-bond donors (Lipinski definition) is 1. The molecule has 0 radical (unpaired) electrons. The summed E-state index contributed by atoms with van der Waals surface area (Å²) in [5, 5.41) is 8.05. The highest BCUT2D eigenvalue weighted by atomic mass is 16.5. The first-order valence-corrected chi connectivity index (χ1v) is 7.75. The minimum atomic E-state index is 0.235. The van der Waals surface area contributed by atoms with E-state index in [1.165, 1.54) is 5.56 Å². The van der Waals surface area contributed by atoms with E-state index in [1.807, 2.05) is 16.8 Å². The van der Waals surface area contributed by atoms with E-state index in [-0.39, 0.29) is 6.10 Å². The summed E-state index contributed by atoms with van der Waals surface area (Å²) in [6.45, 7) is 6.01. The van der Waals surface area contributed by atoms with E-state index in [1.54, 1.807) is 0 Å². The SMILES string of the molecule is CCC(C)n1ccc(CNCC2Cc3ccccc3O2)n1. The molecule has 0 amide bonds. The summed E-state index contributed by atoms with van der Waals surface area (Å²) in [5.41, 5.74) is 2.40. The molecule has 2 atom stereocenters. The Bertz CT molecular complexity index is 568. The van der Waals surface area contributed by atoms with Gasteiger partial charge >= 0.3 is 0 Å². The molecule has 2 aromatic rings. The second-order valence-corrected chi connectivity index (χ2v) is 5.73. The smallest absolute Gasteiger partial charge is 0.123 e. The quantitative estimate of drug-likeness (QED) is 0.887. The molecule has 0 spiro atoms. The van der Waals surface area contributed by atoms with Gasteiger partial charge in [-0.05, 0) is 31.0 Å². The van der Waals surface area contributed by atoms with Gasteiger partial charge < -0.3 is 10.1 Å². The van der Waals surface area contributed by atoms with Gasteiger partial charge in [0.15, 0.2) is 0 Å². The van der Waals surface area contributed by atoms with E-state index in [0.29, 0.717) is 6.04 Å². The van der Waals surface area contributed by atoms with Crippen molar-refractivity contribution in [2.45, 2.75) is 45.4 Å². The van der Waals surface area contributed by atoms with Crippen LogP contribution in [0.3, 0.4) is 0 Å². The van der Waals surface area contributed by atoms with Crippen LogP contribution in [0.2, 0.25) is 0 Å². The summed E-state index contributed by atoms with van der Waals surface area (Å²) in [5.74, 6) is 1.03. The summed E-state index contributed by atoms with van der Waals surface area (Å²) in [6.07, 6.45) is 4.39. The highest BCUT2D eigenvalue weighted by molar-refractivity contribution is 5.37. The van der Waals surface area contributed by atoms with Crippen LogP contribution in [0.1, 0.15) is 37.6 Å². The molecule has 1 aromatic heterocycles. The molecule has 0 saturated heterocycles. The first-order valence-electron chi connectivity index (χ1n) is 7.75. The maximum Gasteiger partial charge on any atom is 0.123 e. The fourth-order valence-electron chi connectivity index (χ4n) is 2.63. The van der Waals surface area contributed by atoms with Crippen molar-refractivity contribution in [1.29, 1.82) is 0 Å². The van der Waals surface area contributed by atoms with Crippen molar-refractivity contribution >= 4 is 0 Å². The zero-order valence-electron chi connectivity index (χ0n) is 12.7. The predicted molar refractivity (Wildman–Crippen MR) is 83.5 cm³/mol. The fraction of sp³-hybridized carbons (Fsp3) is 0.471. The Kier molecular flexibility index (Phi) is 4.25. The highest BCUT2D eigenvalue weighted by Gasteiger charge is 2.21. The van der Waals surface area contributed by atoms with Gasteiger partial charge in [-0.2, -0.15) is 5.10 Å². The molecule has 1 aliphatic rings. The minimum Gasteiger partial charge on any atom is -0.488 e. The van der Waals surface area contributed by atoms with Crippen LogP contribution in [-0.4, -0.2) is 22.4 Å². The maximum absolute atomic E-state index is 5.92.